The van der Waals surface area contributed by atoms with Crippen LogP contribution in [0.5, 0.6) is 0 Å². The van der Waals surface area contributed by atoms with Crippen molar-refractivity contribution in [3.05, 3.63) is 65.7 Å². The summed E-state index contributed by atoms with van der Waals surface area (Å²) in [5, 5.41) is 14.6. The van der Waals surface area contributed by atoms with E-state index >= 15 is 0 Å². The first-order valence-electron chi connectivity index (χ1n) is 9.10. The lowest BCUT2D eigenvalue weighted by Crippen LogP contribution is -2.23. The fourth-order valence-electron chi connectivity index (χ4n) is 4.23. The van der Waals surface area contributed by atoms with E-state index in [0.29, 0.717) is 6.54 Å². The SMILES string of the molecule is O=C(Nc1cnn(Cc2ccccc2)c1)C1CC12CCc1cn[nH]c1C2. The summed E-state index contributed by atoms with van der Waals surface area (Å²) in [4.78, 5) is 12.7. The summed E-state index contributed by atoms with van der Waals surface area (Å²) in [6, 6.07) is 10.2. The van der Waals surface area contributed by atoms with Crippen LogP contribution in [0.4, 0.5) is 5.69 Å². The Morgan fingerprint density at radius 1 is 1.31 bits per heavy atom. The highest BCUT2D eigenvalue weighted by Crippen LogP contribution is 2.60. The van der Waals surface area contributed by atoms with Gasteiger partial charge in [-0.05, 0) is 42.2 Å². The van der Waals surface area contributed by atoms with E-state index in [1.807, 2.05) is 35.3 Å². The maximum absolute atomic E-state index is 12.7. The van der Waals surface area contributed by atoms with Crippen LogP contribution in [-0.2, 0) is 24.2 Å². The van der Waals surface area contributed by atoms with Gasteiger partial charge < -0.3 is 5.32 Å². The maximum Gasteiger partial charge on any atom is 0.228 e. The summed E-state index contributed by atoms with van der Waals surface area (Å²) in [6.07, 6.45) is 9.54. The van der Waals surface area contributed by atoms with Gasteiger partial charge in [-0.1, -0.05) is 30.3 Å². The number of anilines is 1. The highest BCUT2D eigenvalue weighted by Gasteiger charge is 2.58. The largest absolute Gasteiger partial charge is 0.323 e. The van der Waals surface area contributed by atoms with Gasteiger partial charge in [-0.25, -0.2) is 0 Å². The topological polar surface area (TPSA) is 75.6 Å². The summed E-state index contributed by atoms with van der Waals surface area (Å²) in [7, 11) is 0. The highest BCUT2D eigenvalue weighted by atomic mass is 16.2. The number of rotatable bonds is 4. The molecule has 1 fully saturated rings. The smallest absolute Gasteiger partial charge is 0.228 e. The van der Waals surface area contributed by atoms with Crippen LogP contribution in [0, 0.1) is 11.3 Å². The predicted molar refractivity (Wildman–Crippen MR) is 97.6 cm³/mol. The van der Waals surface area contributed by atoms with Gasteiger partial charge in [0.1, 0.15) is 0 Å². The monoisotopic (exact) mass is 347 g/mol. The molecule has 1 saturated carbocycles. The first-order chi connectivity index (χ1) is 12.7. The number of nitrogens with zero attached hydrogens (tertiary/aromatic N) is 3. The van der Waals surface area contributed by atoms with E-state index in [2.05, 4.69) is 32.7 Å². The van der Waals surface area contributed by atoms with E-state index in [4.69, 9.17) is 0 Å². The van der Waals surface area contributed by atoms with E-state index in [0.717, 1.165) is 31.4 Å². The summed E-state index contributed by atoms with van der Waals surface area (Å²) >= 11 is 0. The van der Waals surface area contributed by atoms with Crippen LogP contribution in [0.3, 0.4) is 0 Å². The van der Waals surface area contributed by atoms with Gasteiger partial charge in [0.25, 0.3) is 0 Å². The zero-order valence-electron chi connectivity index (χ0n) is 14.5. The van der Waals surface area contributed by atoms with Gasteiger partial charge in [-0.15, -0.1) is 0 Å². The minimum atomic E-state index is 0.0939. The lowest BCUT2D eigenvalue weighted by molar-refractivity contribution is -0.118. The molecule has 2 aromatic heterocycles. The number of fused-ring (bicyclic) bond motifs is 1. The number of amides is 1. The molecule has 0 aliphatic heterocycles. The Morgan fingerprint density at radius 2 is 2.19 bits per heavy atom. The molecule has 2 atom stereocenters. The van der Waals surface area contributed by atoms with Crippen molar-refractivity contribution in [3.63, 3.8) is 0 Å². The van der Waals surface area contributed by atoms with E-state index in [-0.39, 0.29) is 17.2 Å². The van der Waals surface area contributed by atoms with Gasteiger partial charge in [-0.2, -0.15) is 10.2 Å². The number of carbonyl (C=O) groups excluding carboxylic acids is 1. The standard InChI is InChI=1S/C20H21N5O/c26-19(17-8-20(17)7-6-15-10-21-24-18(15)9-20)23-16-11-22-25(13-16)12-14-4-2-1-3-5-14/h1-5,10-11,13,17H,6-9,12H2,(H,21,24)(H,23,26). The third kappa shape index (κ3) is 2.71. The molecule has 2 heterocycles. The molecular weight excluding hydrogens is 326 g/mol. The van der Waals surface area contributed by atoms with Crippen LogP contribution in [0.15, 0.2) is 48.9 Å². The van der Waals surface area contributed by atoms with Gasteiger partial charge >= 0.3 is 0 Å². The molecule has 132 valence electrons. The summed E-state index contributed by atoms with van der Waals surface area (Å²) in [5.41, 5.74) is 4.60. The van der Waals surface area contributed by atoms with Crippen molar-refractivity contribution in [2.24, 2.45) is 11.3 Å². The highest BCUT2D eigenvalue weighted by molar-refractivity contribution is 5.95. The molecule has 0 bridgehead atoms. The third-order valence-electron chi connectivity index (χ3n) is 5.82. The molecule has 0 radical (unpaired) electrons. The fraction of sp³-hybridized carbons (Fsp3) is 0.350. The van der Waals surface area contributed by atoms with Crippen molar-refractivity contribution in [2.75, 3.05) is 5.32 Å². The zero-order chi connectivity index (χ0) is 17.6. The molecular formula is C20H21N5O. The Labute approximate surface area is 151 Å². The van der Waals surface area contributed by atoms with E-state index in [1.54, 1.807) is 6.20 Å². The minimum absolute atomic E-state index is 0.0939. The molecule has 1 amide bonds. The van der Waals surface area contributed by atoms with E-state index in [1.165, 1.54) is 16.8 Å². The molecule has 2 unspecified atom stereocenters. The quantitative estimate of drug-likeness (QED) is 0.762. The van der Waals surface area contributed by atoms with Gasteiger partial charge in [0.15, 0.2) is 0 Å². The molecule has 2 aliphatic rings. The summed E-state index contributed by atoms with van der Waals surface area (Å²) < 4.78 is 1.85. The van der Waals surface area contributed by atoms with Gasteiger partial charge in [0.2, 0.25) is 5.91 Å². The number of benzene rings is 1. The summed E-state index contributed by atoms with van der Waals surface area (Å²) in [5.74, 6) is 0.212. The zero-order valence-corrected chi connectivity index (χ0v) is 14.5. The number of aryl methyl sites for hydroxylation is 1. The number of aromatic amines is 1. The van der Waals surface area contributed by atoms with E-state index in [9.17, 15) is 4.79 Å². The van der Waals surface area contributed by atoms with Gasteiger partial charge in [0.05, 0.1) is 24.6 Å². The van der Waals surface area contributed by atoms with Crippen molar-refractivity contribution < 1.29 is 4.79 Å². The molecule has 5 rings (SSSR count). The van der Waals surface area contributed by atoms with Crippen molar-refractivity contribution >= 4 is 11.6 Å². The molecule has 0 saturated heterocycles. The van der Waals surface area contributed by atoms with Gasteiger partial charge in [0, 0.05) is 17.8 Å². The molecule has 6 heteroatoms. The van der Waals surface area contributed by atoms with Crippen LogP contribution in [-0.4, -0.2) is 25.9 Å². The Morgan fingerprint density at radius 3 is 3.08 bits per heavy atom. The third-order valence-corrected chi connectivity index (χ3v) is 5.82. The number of H-pyrrole nitrogens is 1. The number of aromatic nitrogens is 4. The van der Waals surface area contributed by atoms with Crippen molar-refractivity contribution in [3.8, 4) is 0 Å². The number of carbonyl (C=O) groups is 1. The molecule has 2 aliphatic carbocycles. The molecule has 1 aromatic carbocycles. The Bertz CT molecular complexity index is 944. The average Bonchev–Trinajstić information content (AvgIpc) is 2.97. The molecule has 3 aromatic rings. The number of nitrogens with one attached hydrogen (secondary N) is 2. The number of hydrogen-bond acceptors (Lipinski definition) is 3. The Kier molecular flexibility index (Phi) is 3.45. The first kappa shape index (κ1) is 15.4. The summed E-state index contributed by atoms with van der Waals surface area (Å²) in [6.45, 7) is 0.701. The van der Waals surface area contributed by atoms with Crippen LogP contribution in [0.2, 0.25) is 0 Å². The lowest BCUT2D eigenvalue weighted by Gasteiger charge is -2.22. The second-order valence-electron chi connectivity index (χ2n) is 7.57. The predicted octanol–water partition coefficient (Wildman–Crippen LogP) is 2.79. The number of hydrogen-bond donors (Lipinski definition) is 2. The van der Waals surface area contributed by atoms with Gasteiger partial charge in [-0.3, -0.25) is 14.6 Å². The second kappa shape index (κ2) is 5.83. The molecule has 26 heavy (non-hydrogen) atoms. The molecule has 6 nitrogen and oxygen atoms in total. The average molecular weight is 347 g/mol. The lowest BCUT2D eigenvalue weighted by atomic mass is 9.83. The Balaban J connectivity index is 1.22. The Hall–Kier alpha value is -2.89. The normalized spacial score (nSPS) is 23.6. The molecule has 1 spiro atoms. The molecule has 2 N–H and O–H groups in total. The van der Waals surface area contributed by atoms with Crippen molar-refractivity contribution in [1.29, 1.82) is 0 Å². The van der Waals surface area contributed by atoms with E-state index < -0.39 is 0 Å². The van der Waals surface area contributed by atoms with Crippen molar-refractivity contribution in [2.45, 2.75) is 32.2 Å². The van der Waals surface area contributed by atoms with Crippen LogP contribution >= 0.6 is 0 Å². The van der Waals surface area contributed by atoms with Crippen LogP contribution in [0.25, 0.3) is 0 Å². The first-order valence-corrected chi connectivity index (χ1v) is 9.10. The van der Waals surface area contributed by atoms with Crippen LogP contribution < -0.4 is 5.32 Å². The second-order valence-corrected chi connectivity index (χ2v) is 7.57. The van der Waals surface area contributed by atoms with Crippen molar-refractivity contribution in [1.82, 2.24) is 20.0 Å². The fourth-order valence-corrected chi connectivity index (χ4v) is 4.23. The van der Waals surface area contributed by atoms with Crippen LogP contribution in [0.1, 0.15) is 29.7 Å². The minimum Gasteiger partial charge on any atom is -0.323 e. The maximum atomic E-state index is 12.7.